The number of imidazole rings is 1. The number of hydrogen-bond donors (Lipinski definition) is 0. The molecule has 0 amide bonds. The number of thiazole rings is 1. The van der Waals surface area contributed by atoms with Crippen LogP contribution in [0.1, 0.15) is 5.56 Å². The first-order chi connectivity index (χ1) is 14.2. The lowest BCUT2D eigenvalue weighted by Crippen LogP contribution is -2.23. The number of halogens is 1. The van der Waals surface area contributed by atoms with Gasteiger partial charge in [0.1, 0.15) is 0 Å². The molecule has 3 aromatic carbocycles. The molecule has 0 N–H and O–H groups in total. The van der Waals surface area contributed by atoms with Crippen molar-refractivity contribution in [3.63, 3.8) is 0 Å². The molecule has 0 bridgehead atoms. The van der Waals surface area contributed by atoms with Gasteiger partial charge in [-0.25, -0.2) is 9.38 Å². The number of nitrogens with zero attached hydrogens (tertiary/aromatic N) is 2. The third kappa shape index (κ3) is 3.27. The normalized spacial score (nSPS) is 12.0. The molecule has 5 heteroatoms. The molecule has 0 unspecified atom stereocenters. The maximum absolute atomic E-state index is 13.3. The predicted molar refractivity (Wildman–Crippen MR) is 120 cm³/mol. The Hall–Kier alpha value is -3.21. The summed E-state index contributed by atoms with van der Waals surface area (Å²) in [5, 5.41) is 0.671. The molecule has 3 nitrogen and oxygen atoms in total. The third-order valence-corrected chi connectivity index (χ3v) is 5.94. The molecule has 0 saturated carbocycles. The fraction of sp³-hybridized carbons (Fsp3) is 0. The second-order valence-electron chi connectivity index (χ2n) is 6.63. The van der Waals surface area contributed by atoms with Gasteiger partial charge < -0.3 is 0 Å². The summed E-state index contributed by atoms with van der Waals surface area (Å²) in [6, 6.07) is 27.3. The molecule has 5 aromatic rings. The van der Waals surface area contributed by atoms with Crippen LogP contribution in [0.15, 0.2) is 89.7 Å². The highest BCUT2D eigenvalue weighted by molar-refractivity contribution is 7.15. The first-order valence-corrected chi connectivity index (χ1v) is 10.3. The van der Waals surface area contributed by atoms with Crippen molar-refractivity contribution in [2.24, 2.45) is 0 Å². The summed E-state index contributed by atoms with van der Waals surface area (Å²) in [5.41, 5.74) is 4.47. The van der Waals surface area contributed by atoms with E-state index in [9.17, 15) is 4.79 Å². The molecular weight excluding hydrogens is 400 g/mol. The lowest BCUT2D eigenvalue weighted by Gasteiger charge is -2.04. The van der Waals surface area contributed by atoms with Crippen LogP contribution >= 0.6 is 22.9 Å². The second kappa shape index (κ2) is 7.32. The maximum Gasteiger partial charge on any atom is 0.274 e. The van der Waals surface area contributed by atoms with Gasteiger partial charge in [0.05, 0.1) is 15.9 Å². The molecule has 0 saturated heterocycles. The Morgan fingerprint density at radius 1 is 0.828 bits per heavy atom. The Morgan fingerprint density at radius 2 is 1.45 bits per heavy atom. The smallest absolute Gasteiger partial charge is 0.267 e. The zero-order chi connectivity index (χ0) is 19.8. The van der Waals surface area contributed by atoms with Crippen LogP contribution in [-0.4, -0.2) is 9.38 Å². The molecule has 140 valence electrons. The molecule has 0 aliphatic carbocycles. The summed E-state index contributed by atoms with van der Waals surface area (Å²) in [4.78, 5) is 18.8. The minimum Gasteiger partial charge on any atom is -0.267 e. The standard InChI is InChI=1S/C24H15ClN2OS/c25-19-13-11-16(12-14-19)15-20-23(28)27-22(18-9-5-2-6-10-18)21(26-24(27)29-20)17-7-3-1-4-8-17/h1-15H/b20-15+. The maximum atomic E-state index is 13.3. The first-order valence-electron chi connectivity index (χ1n) is 9.14. The van der Waals surface area contributed by atoms with Crippen LogP contribution in [0.25, 0.3) is 33.6 Å². The SMILES string of the molecule is O=c1/c(=C\c2ccc(Cl)cc2)sc2nc(-c3ccccc3)c(-c3ccccc3)n12. The molecule has 5 rings (SSSR count). The molecular formula is C24H15ClN2OS. The summed E-state index contributed by atoms with van der Waals surface area (Å²) in [7, 11) is 0. The van der Waals surface area contributed by atoms with E-state index in [2.05, 4.69) is 0 Å². The molecule has 29 heavy (non-hydrogen) atoms. The topological polar surface area (TPSA) is 34.4 Å². The van der Waals surface area contributed by atoms with Gasteiger partial charge in [-0.05, 0) is 23.8 Å². The summed E-state index contributed by atoms with van der Waals surface area (Å²) < 4.78 is 2.37. The van der Waals surface area contributed by atoms with Crippen molar-refractivity contribution in [3.05, 3.63) is 110 Å². The zero-order valence-electron chi connectivity index (χ0n) is 15.2. The summed E-state index contributed by atoms with van der Waals surface area (Å²) in [5.74, 6) is 0. The molecule has 0 spiro atoms. The Labute approximate surface area is 176 Å². The number of hydrogen-bond acceptors (Lipinski definition) is 3. The van der Waals surface area contributed by atoms with Gasteiger partial charge in [-0.3, -0.25) is 4.79 Å². The average Bonchev–Trinajstić information content (AvgIpc) is 3.28. The van der Waals surface area contributed by atoms with Gasteiger partial charge >= 0.3 is 0 Å². The van der Waals surface area contributed by atoms with Crippen molar-refractivity contribution in [2.75, 3.05) is 0 Å². The largest absolute Gasteiger partial charge is 0.274 e. The predicted octanol–water partition coefficient (Wildman–Crippen LogP) is 5.29. The Balaban J connectivity index is 1.79. The lowest BCUT2D eigenvalue weighted by molar-refractivity contribution is 1.15. The van der Waals surface area contributed by atoms with Crippen LogP contribution in [0.2, 0.25) is 5.02 Å². The van der Waals surface area contributed by atoms with Crippen LogP contribution in [0.5, 0.6) is 0 Å². The van der Waals surface area contributed by atoms with Crippen molar-refractivity contribution < 1.29 is 0 Å². The van der Waals surface area contributed by atoms with E-state index in [4.69, 9.17) is 16.6 Å². The van der Waals surface area contributed by atoms with Crippen LogP contribution in [0.3, 0.4) is 0 Å². The molecule has 0 aliphatic rings. The highest BCUT2D eigenvalue weighted by Crippen LogP contribution is 2.32. The van der Waals surface area contributed by atoms with Gasteiger partial charge in [-0.1, -0.05) is 95.7 Å². The van der Waals surface area contributed by atoms with Gasteiger partial charge in [0.25, 0.3) is 5.56 Å². The Kier molecular flexibility index (Phi) is 4.51. The van der Waals surface area contributed by atoms with Crippen molar-refractivity contribution in [1.82, 2.24) is 9.38 Å². The van der Waals surface area contributed by atoms with Crippen molar-refractivity contribution in [3.8, 4) is 22.5 Å². The van der Waals surface area contributed by atoms with E-state index < -0.39 is 0 Å². The second-order valence-corrected chi connectivity index (χ2v) is 8.07. The van der Waals surface area contributed by atoms with Crippen molar-refractivity contribution >= 4 is 34.0 Å². The van der Waals surface area contributed by atoms with Gasteiger partial charge in [-0.15, -0.1) is 0 Å². The summed E-state index contributed by atoms with van der Waals surface area (Å²) >= 11 is 7.37. The fourth-order valence-electron chi connectivity index (χ4n) is 3.37. The number of fused-ring (bicyclic) bond motifs is 1. The molecule has 0 radical (unpaired) electrons. The monoisotopic (exact) mass is 414 g/mol. The number of aromatic nitrogens is 2. The molecule has 0 fully saturated rings. The highest BCUT2D eigenvalue weighted by Gasteiger charge is 2.19. The van der Waals surface area contributed by atoms with Gasteiger partial charge in [0.15, 0.2) is 4.96 Å². The summed E-state index contributed by atoms with van der Waals surface area (Å²) in [6.45, 7) is 0. The van der Waals surface area contributed by atoms with Crippen LogP contribution < -0.4 is 10.1 Å². The van der Waals surface area contributed by atoms with Crippen LogP contribution in [0.4, 0.5) is 0 Å². The molecule has 0 aliphatic heterocycles. The van der Waals surface area contributed by atoms with E-state index in [-0.39, 0.29) is 5.56 Å². The minimum atomic E-state index is -0.0616. The number of benzene rings is 3. The van der Waals surface area contributed by atoms with E-state index >= 15 is 0 Å². The Bertz CT molecular complexity index is 1410. The van der Waals surface area contributed by atoms with E-state index in [1.807, 2.05) is 91.0 Å². The quantitative estimate of drug-likeness (QED) is 0.402. The molecule has 2 aromatic heterocycles. The first kappa shape index (κ1) is 17.9. The lowest BCUT2D eigenvalue weighted by atomic mass is 10.1. The van der Waals surface area contributed by atoms with Gasteiger partial charge in [0.2, 0.25) is 0 Å². The van der Waals surface area contributed by atoms with Crippen molar-refractivity contribution in [1.29, 1.82) is 0 Å². The fourth-order valence-corrected chi connectivity index (χ4v) is 4.47. The van der Waals surface area contributed by atoms with E-state index in [0.29, 0.717) is 14.5 Å². The molecule has 0 atom stereocenters. The van der Waals surface area contributed by atoms with E-state index in [0.717, 1.165) is 28.1 Å². The average molecular weight is 415 g/mol. The number of rotatable bonds is 3. The van der Waals surface area contributed by atoms with Crippen LogP contribution in [0, 0.1) is 0 Å². The zero-order valence-corrected chi connectivity index (χ0v) is 16.8. The van der Waals surface area contributed by atoms with E-state index in [1.54, 1.807) is 4.40 Å². The van der Waals surface area contributed by atoms with Crippen molar-refractivity contribution in [2.45, 2.75) is 0 Å². The van der Waals surface area contributed by atoms with Gasteiger partial charge in [-0.2, -0.15) is 0 Å². The van der Waals surface area contributed by atoms with E-state index in [1.165, 1.54) is 11.3 Å². The summed E-state index contributed by atoms with van der Waals surface area (Å²) in [6.07, 6.45) is 1.88. The minimum absolute atomic E-state index is 0.0616. The van der Waals surface area contributed by atoms with Gasteiger partial charge in [0, 0.05) is 16.1 Å². The molecule has 2 heterocycles. The third-order valence-electron chi connectivity index (χ3n) is 4.72. The highest BCUT2D eigenvalue weighted by atomic mass is 35.5. The van der Waals surface area contributed by atoms with Crippen LogP contribution in [-0.2, 0) is 0 Å². The Morgan fingerprint density at radius 3 is 2.10 bits per heavy atom.